The third-order valence-electron chi connectivity index (χ3n) is 6.08. The zero-order valence-corrected chi connectivity index (χ0v) is 18.3. The van der Waals surface area contributed by atoms with Gasteiger partial charge in [-0.2, -0.15) is 5.10 Å². The molecule has 31 heavy (non-hydrogen) atoms. The van der Waals surface area contributed by atoms with E-state index in [1.54, 1.807) is 7.11 Å². The molecule has 0 saturated heterocycles. The number of hydrogen-bond donors (Lipinski definition) is 0. The van der Waals surface area contributed by atoms with Crippen LogP contribution in [0, 0.1) is 13.8 Å². The molecule has 5 aromatic rings. The summed E-state index contributed by atoms with van der Waals surface area (Å²) in [4.78, 5) is 4.73. The Morgan fingerprint density at radius 3 is 2.39 bits per heavy atom. The first-order valence-electron chi connectivity index (χ1n) is 10.6. The number of rotatable bonds is 4. The van der Waals surface area contributed by atoms with Crippen molar-refractivity contribution in [1.29, 1.82) is 0 Å². The number of aryl methyl sites for hydroxylation is 3. The van der Waals surface area contributed by atoms with Crippen molar-refractivity contribution in [1.82, 2.24) is 14.8 Å². The highest BCUT2D eigenvalue weighted by Crippen LogP contribution is 2.35. The van der Waals surface area contributed by atoms with E-state index >= 15 is 0 Å². The van der Waals surface area contributed by atoms with Gasteiger partial charge in [0.1, 0.15) is 11.4 Å². The van der Waals surface area contributed by atoms with E-state index < -0.39 is 0 Å². The van der Waals surface area contributed by atoms with Gasteiger partial charge in [-0.1, -0.05) is 37.3 Å². The van der Waals surface area contributed by atoms with Crippen LogP contribution in [-0.2, 0) is 6.42 Å². The Kier molecular flexibility index (Phi) is 4.70. The van der Waals surface area contributed by atoms with Gasteiger partial charge in [-0.3, -0.25) is 4.98 Å². The minimum absolute atomic E-state index is 0.809. The Balaban J connectivity index is 1.86. The lowest BCUT2D eigenvalue weighted by Gasteiger charge is -2.09. The van der Waals surface area contributed by atoms with Crippen LogP contribution in [0.25, 0.3) is 38.8 Å². The lowest BCUT2D eigenvalue weighted by molar-refractivity contribution is 0.415. The van der Waals surface area contributed by atoms with Crippen molar-refractivity contribution in [2.24, 2.45) is 0 Å². The number of methoxy groups -OCH3 is 1. The Morgan fingerprint density at radius 1 is 0.871 bits per heavy atom. The average Bonchev–Trinajstić information content (AvgIpc) is 3.20. The molecule has 0 radical (unpaired) electrons. The van der Waals surface area contributed by atoms with Crippen molar-refractivity contribution in [2.75, 3.05) is 7.11 Å². The van der Waals surface area contributed by atoms with Crippen LogP contribution in [-0.4, -0.2) is 21.9 Å². The highest BCUT2D eigenvalue weighted by atomic mass is 16.5. The summed E-state index contributed by atoms with van der Waals surface area (Å²) < 4.78 is 7.56. The first-order valence-corrected chi connectivity index (χ1v) is 10.6. The lowest BCUT2D eigenvalue weighted by Crippen LogP contribution is -1.99. The van der Waals surface area contributed by atoms with E-state index in [2.05, 4.69) is 63.2 Å². The molecule has 0 N–H and O–H groups in total. The SMILES string of the molecule is CCc1ccc(-c2nn(-c3ccc(C)c(C)c3)c3c2cnc2ccc(OC)cc23)cc1. The molecule has 0 spiro atoms. The van der Waals surface area contributed by atoms with E-state index in [-0.39, 0.29) is 0 Å². The van der Waals surface area contributed by atoms with Crippen LogP contribution in [0.1, 0.15) is 23.6 Å². The summed E-state index contributed by atoms with van der Waals surface area (Å²) in [5, 5.41) is 7.16. The third kappa shape index (κ3) is 3.25. The Morgan fingerprint density at radius 2 is 1.68 bits per heavy atom. The van der Waals surface area contributed by atoms with Gasteiger partial charge in [0.2, 0.25) is 0 Å². The molecule has 2 aromatic heterocycles. The molecule has 0 fully saturated rings. The van der Waals surface area contributed by atoms with E-state index in [9.17, 15) is 0 Å². The monoisotopic (exact) mass is 407 g/mol. The van der Waals surface area contributed by atoms with Crippen LogP contribution in [0.2, 0.25) is 0 Å². The standard InChI is InChI=1S/C27H25N3O/c1-5-19-7-9-20(10-8-19)26-24-16-28-25-13-12-22(31-4)15-23(25)27(24)30(29-26)21-11-6-17(2)18(3)14-21/h6-16H,5H2,1-4H3. The van der Waals surface area contributed by atoms with Gasteiger partial charge >= 0.3 is 0 Å². The number of nitrogens with zero attached hydrogens (tertiary/aromatic N) is 3. The fraction of sp³-hybridized carbons (Fsp3) is 0.185. The summed E-state index contributed by atoms with van der Waals surface area (Å²) in [5.74, 6) is 0.809. The van der Waals surface area contributed by atoms with E-state index in [1.807, 2.05) is 29.1 Å². The second kappa shape index (κ2) is 7.55. The number of ether oxygens (including phenoxy) is 1. The largest absolute Gasteiger partial charge is 0.497 e. The molecular formula is C27H25N3O. The maximum absolute atomic E-state index is 5.51. The second-order valence-corrected chi connectivity index (χ2v) is 7.98. The van der Waals surface area contributed by atoms with Gasteiger partial charge in [0.05, 0.1) is 23.8 Å². The normalized spacial score (nSPS) is 11.4. The smallest absolute Gasteiger partial charge is 0.119 e. The van der Waals surface area contributed by atoms with E-state index in [0.29, 0.717) is 0 Å². The molecule has 2 heterocycles. The van der Waals surface area contributed by atoms with Gasteiger partial charge in [0.15, 0.2) is 0 Å². The van der Waals surface area contributed by atoms with Crippen molar-refractivity contribution in [3.63, 3.8) is 0 Å². The summed E-state index contributed by atoms with van der Waals surface area (Å²) >= 11 is 0. The van der Waals surface area contributed by atoms with Crippen LogP contribution in [0.5, 0.6) is 5.75 Å². The molecule has 3 aromatic carbocycles. The quantitative estimate of drug-likeness (QED) is 0.345. The van der Waals surface area contributed by atoms with Crippen LogP contribution in [0.3, 0.4) is 0 Å². The fourth-order valence-corrected chi connectivity index (χ4v) is 4.05. The minimum Gasteiger partial charge on any atom is -0.497 e. The van der Waals surface area contributed by atoms with Crippen molar-refractivity contribution in [3.8, 4) is 22.7 Å². The molecule has 154 valence electrons. The number of aromatic nitrogens is 3. The van der Waals surface area contributed by atoms with Crippen molar-refractivity contribution < 1.29 is 4.74 Å². The Bertz CT molecular complexity index is 1410. The van der Waals surface area contributed by atoms with Crippen LogP contribution >= 0.6 is 0 Å². The van der Waals surface area contributed by atoms with E-state index in [0.717, 1.165) is 50.9 Å². The van der Waals surface area contributed by atoms with Gasteiger partial charge in [-0.25, -0.2) is 4.68 Å². The number of pyridine rings is 1. The predicted molar refractivity (Wildman–Crippen MR) is 127 cm³/mol. The molecule has 0 aliphatic rings. The predicted octanol–water partition coefficient (Wildman–Crippen LogP) is 6.43. The van der Waals surface area contributed by atoms with Crippen molar-refractivity contribution in [2.45, 2.75) is 27.2 Å². The number of benzene rings is 3. The fourth-order valence-electron chi connectivity index (χ4n) is 4.05. The zero-order valence-electron chi connectivity index (χ0n) is 18.3. The number of hydrogen-bond acceptors (Lipinski definition) is 3. The molecule has 0 aliphatic carbocycles. The highest BCUT2D eigenvalue weighted by Gasteiger charge is 2.18. The first kappa shape index (κ1) is 19.3. The lowest BCUT2D eigenvalue weighted by atomic mass is 10.0. The summed E-state index contributed by atoms with van der Waals surface area (Å²) in [6, 6.07) is 21.1. The molecule has 0 saturated carbocycles. The molecule has 0 amide bonds. The number of fused-ring (bicyclic) bond motifs is 3. The summed E-state index contributed by atoms with van der Waals surface area (Å²) in [6.07, 6.45) is 2.96. The van der Waals surface area contributed by atoms with E-state index in [4.69, 9.17) is 14.8 Å². The van der Waals surface area contributed by atoms with Gasteiger partial charge < -0.3 is 4.74 Å². The van der Waals surface area contributed by atoms with Crippen molar-refractivity contribution >= 4 is 21.8 Å². The minimum atomic E-state index is 0.809. The Labute approximate surface area is 182 Å². The van der Waals surface area contributed by atoms with Gasteiger partial charge in [0.25, 0.3) is 0 Å². The van der Waals surface area contributed by atoms with Gasteiger partial charge in [-0.15, -0.1) is 0 Å². The van der Waals surface area contributed by atoms with Gasteiger partial charge in [0, 0.05) is 22.5 Å². The summed E-state index contributed by atoms with van der Waals surface area (Å²) in [7, 11) is 1.69. The average molecular weight is 408 g/mol. The third-order valence-corrected chi connectivity index (χ3v) is 6.08. The van der Waals surface area contributed by atoms with Crippen LogP contribution in [0.4, 0.5) is 0 Å². The molecule has 0 aliphatic heterocycles. The molecule has 4 heteroatoms. The maximum Gasteiger partial charge on any atom is 0.119 e. The molecule has 4 nitrogen and oxygen atoms in total. The van der Waals surface area contributed by atoms with E-state index in [1.165, 1.54) is 16.7 Å². The zero-order chi connectivity index (χ0) is 21.5. The Hall–Kier alpha value is -3.66. The van der Waals surface area contributed by atoms with Crippen LogP contribution in [0.15, 0.2) is 66.9 Å². The summed E-state index contributed by atoms with van der Waals surface area (Å²) in [5.41, 5.74) is 8.86. The molecule has 5 rings (SSSR count). The highest BCUT2D eigenvalue weighted by molar-refractivity contribution is 6.09. The van der Waals surface area contributed by atoms with Gasteiger partial charge in [-0.05, 0) is 67.3 Å². The maximum atomic E-state index is 5.51. The molecule has 0 unspecified atom stereocenters. The first-order chi connectivity index (χ1) is 15.1. The summed E-state index contributed by atoms with van der Waals surface area (Å²) in [6.45, 7) is 6.44. The topological polar surface area (TPSA) is 39.9 Å². The molecule has 0 bridgehead atoms. The molecule has 0 atom stereocenters. The molecular weight excluding hydrogens is 382 g/mol. The van der Waals surface area contributed by atoms with Crippen LogP contribution < -0.4 is 4.74 Å². The van der Waals surface area contributed by atoms with Crippen molar-refractivity contribution in [3.05, 3.63) is 83.6 Å². The second-order valence-electron chi connectivity index (χ2n) is 7.98.